The van der Waals surface area contributed by atoms with Crippen molar-refractivity contribution in [3.63, 3.8) is 0 Å². The fourth-order valence-electron chi connectivity index (χ4n) is 2.95. The number of benzene rings is 1. The Kier molecular flexibility index (Phi) is 4.21. The van der Waals surface area contributed by atoms with Crippen molar-refractivity contribution in [1.29, 1.82) is 0 Å². The third-order valence-electron chi connectivity index (χ3n) is 4.02. The smallest absolute Gasteiger partial charge is 0.188 e. The summed E-state index contributed by atoms with van der Waals surface area (Å²) in [6.07, 6.45) is 3.41. The Bertz CT molecular complexity index is 481. The van der Waals surface area contributed by atoms with Crippen LogP contribution in [0.4, 0.5) is 0 Å². The lowest BCUT2D eigenvalue weighted by Crippen LogP contribution is -2.35. The lowest BCUT2D eigenvalue weighted by Gasteiger charge is -2.23. The van der Waals surface area contributed by atoms with Crippen LogP contribution >= 0.6 is 0 Å². The van der Waals surface area contributed by atoms with E-state index in [1.165, 1.54) is 18.4 Å². The highest BCUT2D eigenvalue weighted by atomic mass is 16.5. The van der Waals surface area contributed by atoms with Gasteiger partial charge in [0.25, 0.3) is 0 Å². The summed E-state index contributed by atoms with van der Waals surface area (Å²) >= 11 is 0. The van der Waals surface area contributed by atoms with E-state index in [4.69, 9.17) is 9.47 Å². The second-order valence-electron chi connectivity index (χ2n) is 5.48. The summed E-state index contributed by atoms with van der Waals surface area (Å²) in [5.74, 6) is 2.35. The van der Waals surface area contributed by atoms with E-state index in [0.717, 1.165) is 37.7 Å². The monoisotopic (exact) mass is 274 g/mol. The van der Waals surface area contributed by atoms with E-state index >= 15 is 0 Å². The van der Waals surface area contributed by atoms with Crippen molar-refractivity contribution in [3.8, 4) is 5.75 Å². The molecule has 0 radical (unpaired) electrons. The molecule has 1 saturated heterocycles. The van der Waals surface area contributed by atoms with Gasteiger partial charge in [0, 0.05) is 18.9 Å². The molecule has 1 aromatic rings. The van der Waals surface area contributed by atoms with E-state index in [9.17, 15) is 0 Å². The van der Waals surface area contributed by atoms with Crippen molar-refractivity contribution in [2.75, 3.05) is 26.7 Å². The second-order valence-corrected chi connectivity index (χ2v) is 5.48. The number of piperidine rings is 1. The highest BCUT2D eigenvalue weighted by molar-refractivity contribution is 5.80. The summed E-state index contributed by atoms with van der Waals surface area (Å²) in [5, 5.41) is 3.41. The van der Waals surface area contributed by atoms with Crippen molar-refractivity contribution in [1.82, 2.24) is 5.32 Å². The number of hydrogen-bond donors (Lipinski definition) is 1. The molecule has 1 fully saturated rings. The maximum atomic E-state index is 6.06. The molecule has 2 heterocycles. The fraction of sp³-hybridized carbons (Fsp3) is 0.562. The van der Waals surface area contributed by atoms with Crippen LogP contribution in [0.25, 0.3) is 0 Å². The molecule has 0 bridgehead atoms. The molecule has 108 valence electrons. The first-order chi connectivity index (χ1) is 9.86. The van der Waals surface area contributed by atoms with Gasteiger partial charge in [-0.25, -0.2) is 0 Å². The number of methoxy groups -OCH3 is 1. The maximum Gasteiger partial charge on any atom is 0.188 e. The first-order valence-electron chi connectivity index (χ1n) is 7.40. The number of para-hydroxylation sites is 1. The summed E-state index contributed by atoms with van der Waals surface area (Å²) in [7, 11) is 1.71. The summed E-state index contributed by atoms with van der Waals surface area (Å²) in [6.45, 7) is 2.89. The maximum absolute atomic E-state index is 6.06. The van der Waals surface area contributed by atoms with E-state index in [-0.39, 0.29) is 6.10 Å². The van der Waals surface area contributed by atoms with Crippen LogP contribution in [0.3, 0.4) is 0 Å². The van der Waals surface area contributed by atoms with Crippen molar-refractivity contribution >= 4 is 5.90 Å². The predicted molar refractivity (Wildman–Crippen MR) is 79.5 cm³/mol. The zero-order valence-corrected chi connectivity index (χ0v) is 12.0. The Morgan fingerprint density at radius 1 is 1.40 bits per heavy atom. The van der Waals surface area contributed by atoms with E-state index in [2.05, 4.69) is 16.4 Å². The normalized spacial score (nSPS) is 25.9. The lowest BCUT2D eigenvalue weighted by molar-refractivity contribution is 0.204. The Labute approximate surface area is 120 Å². The number of ether oxygens (including phenoxy) is 2. The summed E-state index contributed by atoms with van der Waals surface area (Å²) in [4.78, 5) is 4.61. The standard InChI is InChI=1S/C16H22N2O2/c1-19-15-7-3-2-5-12(15)9-14-11-18-16(20-14)13-6-4-8-17-10-13/h2-3,5,7,13-14,17H,4,6,8-11H2,1H3. The van der Waals surface area contributed by atoms with Gasteiger partial charge in [-0.3, -0.25) is 4.99 Å². The molecule has 1 aromatic carbocycles. The SMILES string of the molecule is COc1ccccc1CC1CN=C(C2CCCNC2)O1. The zero-order chi connectivity index (χ0) is 13.8. The first kappa shape index (κ1) is 13.4. The molecule has 4 nitrogen and oxygen atoms in total. The van der Waals surface area contributed by atoms with Crippen LogP contribution in [0.1, 0.15) is 18.4 Å². The summed E-state index contributed by atoms with van der Waals surface area (Å²) in [6, 6.07) is 8.13. The molecule has 0 aromatic heterocycles. The van der Waals surface area contributed by atoms with E-state index in [1.54, 1.807) is 7.11 Å². The Hall–Kier alpha value is -1.55. The number of nitrogens with zero attached hydrogens (tertiary/aromatic N) is 1. The minimum atomic E-state index is 0.156. The highest BCUT2D eigenvalue weighted by Crippen LogP contribution is 2.24. The average Bonchev–Trinajstić information content (AvgIpc) is 2.97. The molecule has 2 atom stereocenters. The molecule has 2 aliphatic rings. The van der Waals surface area contributed by atoms with E-state index in [1.807, 2.05) is 18.2 Å². The van der Waals surface area contributed by atoms with Gasteiger partial charge in [-0.2, -0.15) is 0 Å². The van der Waals surface area contributed by atoms with Crippen molar-refractivity contribution in [2.45, 2.75) is 25.4 Å². The van der Waals surface area contributed by atoms with E-state index in [0.29, 0.717) is 5.92 Å². The van der Waals surface area contributed by atoms with E-state index < -0.39 is 0 Å². The number of aliphatic imine (C=N–C) groups is 1. The van der Waals surface area contributed by atoms with Crippen molar-refractivity contribution in [2.24, 2.45) is 10.9 Å². The number of rotatable bonds is 4. The van der Waals surface area contributed by atoms with Gasteiger partial charge in [-0.15, -0.1) is 0 Å². The largest absolute Gasteiger partial charge is 0.496 e. The molecule has 0 aliphatic carbocycles. The topological polar surface area (TPSA) is 42.8 Å². The minimum Gasteiger partial charge on any atom is -0.496 e. The van der Waals surface area contributed by atoms with Crippen LogP contribution in [0.5, 0.6) is 5.75 Å². The van der Waals surface area contributed by atoms with Crippen LogP contribution in [0, 0.1) is 5.92 Å². The lowest BCUT2D eigenvalue weighted by atomic mass is 10.00. The third kappa shape index (κ3) is 2.96. The fourth-order valence-corrected chi connectivity index (χ4v) is 2.95. The molecule has 0 spiro atoms. The molecule has 0 amide bonds. The molecule has 4 heteroatoms. The van der Waals surface area contributed by atoms with Crippen LogP contribution in [-0.2, 0) is 11.2 Å². The molecule has 3 rings (SSSR count). The van der Waals surface area contributed by atoms with Crippen LogP contribution in [0.2, 0.25) is 0 Å². The van der Waals surface area contributed by atoms with Gasteiger partial charge in [-0.05, 0) is 31.0 Å². The van der Waals surface area contributed by atoms with Crippen molar-refractivity contribution in [3.05, 3.63) is 29.8 Å². The van der Waals surface area contributed by atoms with Gasteiger partial charge in [0.1, 0.15) is 11.9 Å². The quantitative estimate of drug-likeness (QED) is 0.913. The van der Waals surface area contributed by atoms with Crippen LogP contribution in [-0.4, -0.2) is 38.7 Å². The number of hydrogen-bond acceptors (Lipinski definition) is 4. The molecule has 0 saturated carbocycles. The minimum absolute atomic E-state index is 0.156. The van der Waals surface area contributed by atoms with Gasteiger partial charge in [0.05, 0.1) is 13.7 Å². The van der Waals surface area contributed by atoms with Gasteiger partial charge >= 0.3 is 0 Å². The molecule has 2 unspecified atom stereocenters. The molecular formula is C16H22N2O2. The van der Waals surface area contributed by atoms with Crippen LogP contribution < -0.4 is 10.1 Å². The first-order valence-corrected chi connectivity index (χ1v) is 7.40. The van der Waals surface area contributed by atoms with Gasteiger partial charge in [0.15, 0.2) is 5.90 Å². The summed E-state index contributed by atoms with van der Waals surface area (Å²) < 4.78 is 11.5. The summed E-state index contributed by atoms with van der Waals surface area (Å²) in [5.41, 5.74) is 1.19. The van der Waals surface area contributed by atoms with Crippen molar-refractivity contribution < 1.29 is 9.47 Å². The third-order valence-corrected chi connectivity index (χ3v) is 4.02. The molecular weight excluding hydrogens is 252 g/mol. The Morgan fingerprint density at radius 2 is 2.30 bits per heavy atom. The Morgan fingerprint density at radius 3 is 3.10 bits per heavy atom. The van der Waals surface area contributed by atoms with Gasteiger partial charge < -0.3 is 14.8 Å². The second kappa shape index (κ2) is 6.27. The predicted octanol–water partition coefficient (Wildman–Crippen LogP) is 2.03. The molecule has 2 aliphatic heterocycles. The number of nitrogens with one attached hydrogen (secondary N) is 1. The van der Waals surface area contributed by atoms with Gasteiger partial charge in [0.2, 0.25) is 0 Å². The highest BCUT2D eigenvalue weighted by Gasteiger charge is 2.28. The molecule has 20 heavy (non-hydrogen) atoms. The van der Waals surface area contributed by atoms with Gasteiger partial charge in [-0.1, -0.05) is 18.2 Å². The van der Waals surface area contributed by atoms with Crippen LogP contribution in [0.15, 0.2) is 29.3 Å². The average molecular weight is 274 g/mol. The Balaban J connectivity index is 1.58. The zero-order valence-electron chi connectivity index (χ0n) is 12.0. The molecule has 1 N–H and O–H groups in total.